The lowest BCUT2D eigenvalue weighted by atomic mass is 9.99. The molecule has 0 saturated carbocycles. The molecule has 1 aromatic rings. The summed E-state index contributed by atoms with van der Waals surface area (Å²) in [6, 6.07) is 10.2. The number of esters is 1. The van der Waals surface area contributed by atoms with Crippen molar-refractivity contribution in [2.45, 2.75) is 58.3 Å². The average Bonchev–Trinajstić information content (AvgIpc) is 2.45. The molecule has 0 fully saturated rings. The lowest BCUT2D eigenvalue weighted by Crippen LogP contribution is -2.28. The van der Waals surface area contributed by atoms with E-state index in [1.165, 1.54) is 5.56 Å². The van der Waals surface area contributed by atoms with E-state index in [0.717, 1.165) is 31.3 Å². The summed E-state index contributed by atoms with van der Waals surface area (Å²) in [5, 5.41) is 0. The first-order valence-corrected chi connectivity index (χ1v) is 7.70. The predicted octanol–water partition coefficient (Wildman–Crippen LogP) is 4.02. The molecule has 0 radical (unpaired) electrons. The Morgan fingerprint density at radius 1 is 1.33 bits per heavy atom. The fourth-order valence-corrected chi connectivity index (χ4v) is 2.66. The molecule has 0 saturated heterocycles. The third kappa shape index (κ3) is 5.35. The van der Waals surface area contributed by atoms with Gasteiger partial charge in [0.2, 0.25) is 0 Å². The van der Waals surface area contributed by atoms with Gasteiger partial charge in [-0.3, -0.25) is 0 Å². The maximum atomic E-state index is 11.5. The van der Waals surface area contributed by atoms with Crippen molar-refractivity contribution in [3.05, 3.63) is 47.5 Å². The Morgan fingerprint density at radius 3 is 2.76 bits per heavy atom. The van der Waals surface area contributed by atoms with E-state index in [2.05, 4.69) is 19.1 Å². The first-order chi connectivity index (χ1) is 10.2. The number of carbonyl (C=O) groups excluding carboxylic acids is 1. The summed E-state index contributed by atoms with van der Waals surface area (Å²) < 4.78 is 11.4. The molecule has 1 aliphatic rings. The molecule has 0 aromatic heterocycles. The first-order valence-electron chi connectivity index (χ1n) is 7.70. The molecule has 3 nitrogen and oxygen atoms in total. The van der Waals surface area contributed by atoms with E-state index in [0.29, 0.717) is 6.61 Å². The molecule has 1 aliphatic heterocycles. The standard InChI is InChI=1S/C18H24O3/c1-3-7-16(20-13-15-8-5-4-6-9-15)12-17-10-14(2)11-18(19)21-17/h4-6,8-9,11,16-17H,3,7,10,12-13H2,1-2H3/t16-,17-/m1/s1. The van der Waals surface area contributed by atoms with E-state index in [1.54, 1.807) is 6.08 Å². The summed E-state index contributed by atoms with van der Waals surface area (Å²) >= 11 is 0. The number of cyclic esters (lactones) is 1. The fourth-order valence-electron chi connectivity index (χ4n) is 2.66. The quantitative estimate of drug-likeness (QED) is 0.711. The van der Waals surface area contributed by atoms with Crippen molar-refractivity contribution in [1.29, 1.82) is 0 Å². The number of hydrogen-bond acceptors (Lipinski definition) is 3. The van der Waals surface area contributed by atoms with Gasteiger partial charge in [0.1, 0.15) is 6.10 Å². The number of hydrogen-bond donors (Lipinski definition) is 0. The fraction of sp³-hybridized carbons (Fsp3) is 0.500. The van der Waals surface area contributed by atoms with Crippen molar-refractivity contribution >= 4 is 5.97 Å². The highest BCUT2D eigenvalue weighted by molar-refractivity contribution is 5.83. The van der Waals surface area contributed by atoms with Gasteiger partial charge in [-0.1, -0.05) is 49.2 Å². The normalized spacial score (nSPS) is 19.8. The van der Waals surface area contributed by atoms with Gasteiger partial charge in [-0.25, -0.2) is 4.79 Å². The van der Waals surface area contributed by atoms with Crippen LogP contribution in [0.5, 0.6) is 0 Å². The molecule has 0 spiro atoms. The molecule has 0 amide bonds. The topological polar surface area (TPSA) is 35.5 Å². The van der Waals surface area contributed by atoms with Crippen LogP contribution in [0.15, 0.2) is 42.0 Å². The van der Waals surface area contributed by atoms with Crippen molar-refractivity contribution in [2.24, 2.45) is 0 Å². The Bertz CT molecular complexity index is 478. The highest BCUT2D eigenvalue weighted by Gasteiger charge is 2.23. The zero-order chi connectivity index (χ0) is 15.1. The summed E-state index contributed by atoms with van der Waals surface area (Å²) in [6.07, 6.45) is 5.32. The zero-order valence-electron chi connectivity index (χ0n) is 12.9. The maximum absolute atomic E-state index is 11.5. The molecule has 2 rings (SSSR count). The Kier molecular flexibility index (Phi) is 6.00. The summed E-state index contributed by atoms with van der Waals surface area (Å²) in [5.74, 6) is -0.220. The number of benzene rings is 1. The summed E-state index contributed by atoms with van der Waals surface area (Å²) in [5.41, 5.74) is 2.27. The number of ether oxygens (including phenoxy) is 2. The Labute approximate surface area is 127 Å². The lowest BCUT2D eigenvalue weighted by molar-refractivity contribution is -0.146. The van der Waals surface area contributed by atoms with Gasteiger partial charge in [0, 0.05) is 18.9 Å². The van der Waals surface area contributed by atoms with Crippen LogP contribution in [-0.4, -0.2) is 18.2 Å². The van der Waals surface area contributed by atoms with E-state index in [9.17, 15) is 4.79 Å². The van der Waals surface area contributed by atoms with Crippen LogP contribution in [0.2, 0.25) is 0 Å². The van der Waals surface area contributed by atoms with Crippen LogP contribution in [0.3, 0.4) is 0 Å². The highest BCUT2D eigenvalue weighted by Crippen LogP contribution is 2.22. The smallest absolute Gasteiger partial charge is 0.330 e. The van der Waals surface area contributed by atoms with Crippen molar-refractivity contribution < 1.29 is 14.3 Å². The van der Waals surface area contributed by atoms with E-state index >= 15 is 0 Å². The van der Waals surface area contributed by atoms with E-state index in [-0.39, 0.29) is 18.2 Å². The molecular formula is C18H24O3. The van der Waals surface area contributed by atoms with Gasteiger partial charge in [-0.2, -0.15) is 0 Å². The molecular weight excluding hydrogens is 264 g/mol. The average molecular weight is 288 g/mol. The van der Waals surface area contributed by atoms with Gasteiger partial charge in [0.25, 0.3) is 0 Å². The zero-order valence-corrected chi connectivity index (χ0v) is 12.9. The van der Waals surface area contributed by atoms with Crippen LogP contribution in [-0.2, 0) is 20.9 Å². The molecule has 0 bridgehead atoms. The minimum atomic E-state index is -0.220. The Balaban J connectivity index is 1.87. The molecule has 1 heterocycles. The first kappa shape index (κ1) is 15.8. The predicted molar refractivity (Wildman–Crippen MR) is 82.8 cm³/mol. The van der Waals surface area contributed by atoms with Crippen LogP contribution < -0.4 is 0 Å². The molecule has 3 heteroatoms. The van der Waals surface area contributed by atoms with Crippen LogP contribution in [0.4, 0.5) is 0 Å². The molecule has 114 valence electrons. The second kappa shape index (κ2) is 7.99. The van der Waals surface area contributed by atoms with Gasteiger partial charge < -0.3 is 9.47 Å². The van der Waals surface area contributed by atoms with Crippen LogP contribution in [0.25, 0.3) is 0 Å². The molecule has 2 atom stereocenters. The van der Waals surface area contributed by atoms with Crippen molar-refractivity contribution in [3.63, 3.8) is 0 Å². The second-order valence-corrected chi connectivity index (χ2v) is 5.70. The lowest BCUT2D eigenvalue weighted by Gasteiger charge is -2.26. The third-order valence-electron chi connectivity index (χ3n) is 3.66. The SMILES string of the molecule is CCC[C@H](C[C@H]1CC(C)=CC(=O)O1)OCc1ccccc1. The minimum Gasteiger partial charge on any atom is -0.459 e. The Hall–Kier alpha value is -1.61. The molecule has 21 heavy (non-hydrogen) atoms. The molecule has 0 N–H and O–H groups in total. The van der Waals surface area contributed by atoms with E-state index in [4.69, 9.17) is 9.47 Å². The van der Waals surface area contributed by atoms with Gasteiger partial charge in [-0.15, -0.1) is 0 Å². The van der Waals surface area contributed by atoms with Gasteiger partial charge in [-0.05, 0) is 18.9 Å². The largest absolute Gasteiger partial charge is 0.459 e. The summed E-state index contributed by atoms with van der Waals surface area (Å²) in [6.45, 7) is 4.74. The molecule has 0 aliphatic carbocycles. The van der Waals surface area contributed by atoms with Crippen molar-refractivity contribution in [2.75, 3.05) is 0 Å². The van der Waals surface area contributed by atoms with Crippen molar-refractivity contribution in [3.8, 4) is 0 Å². The minimum absolute atomic E-state index is 0.0465. The van der Waals surface area contributed by atoms with Gasteiger partial charge in [0.05, 0.1) is 12.7 Å². The monoisotopic (exact) mass is 288 g/mol. The third-order valence-corrected chi connectivity index (χ3v) is 3.66. The van der Waals surface area contributed by atoms with Crippen LogP contribution >= 0.6 is 0 Å². The summed E-state index contributed by atoms with van der Waals surface area (Å²) in [4.78, 5) is 11.5. The number of carbonyl (C=O) groups is 1. The molecule has 0 unspecified atom stereocenters. The number of rotatable bonds is 7. The second-order valence-electron chi connectivity index (χ2n) is 5.70. The van der Waals surface area contributed by atoms with Crippen LogP contribution in [0, 0.1) is 0 Å². The van der Waals surface area contributed by atoms with Crippen LogP contribution in [0.1, 0.15) is 45.1 Å². The Morgan fingerprint density at radius 2 is 2.10 bits per heavy atom. The molecule has 1 aromatic carbocycles. The van der Waals surface area contributed by atoms with E-state index < -0.39 is 0 Å². The van der Waals surface area contributed by atoms with E-state index in [1.807, 2.05) is 25.1 Å². The van der Waals surface area contributed by atoms with Gasteiger partial charge in [0.15, 0.2) is 0 Å². The highest BCUT2D eigenvalue weighted by atomic mass is 16.5. The maximum Gasteiger partial charge on any atom is 0.330 e. The summed E-state index contributed by atoms with van der Waals surface area (Å²) in [7, 11) is 0. The van der Waals surface area contributed by atoms with Crippen molar-refractivity contribution in [1.82, 2.24) is 0 Å². The van der Waals surface area contributed by atoms with Gasteiger partial charge >= 0.3 is 5.97 Å².